The van der Waals surface area contributed by atoms with Crippen molar-refractivity contribution >= 4 is 29.5 Å². The molecule has 0 fully saturated rings. The van der Waals surface area contributed by atoms with Crippen LogP contribution in [0, 0.1) is 0 Å². The fourth-order valence-corrected chi connectivity index (χ4v) is 1.50. The van der Waals surface area contributed by atoms with E-state index < -0.39 is 17.9 Å². The van der Waals surface area contributed by atoms with E-state index in [0.29, 0.717) is 5.02 Å². The van der Waals surface area contributed by atoms with Crippen LogP contribution in [0.4, 0.5) is 4.79 Å². The van der Waals surface area contributed by atoms with Gasteiger partial charge in [-0.05, 0) is 17.7 Å². The number of nitrogens with one attached hydrogen (secondary N) is 2. The zero-order chi connectivity index (χ0) is 14.3. The van der Waals surface area contributed by atoms with Gasteiger partial charge in [0.05, 0.1) is 6.42 Å². The molecule has 0 radical (unpaired) electrons. The number of imide groups is 1. The number of carboxylic acids is 1. The highest BCUT2D eigenvalue weighted by Crippen LogP contribution is 2.10. The van der Waals surface area contributed by atoms with Crippen molar-refractivity contribution in [3.8, 4) is 0 Å². The number of carbonyl (C=O) groups is 3. The van der Waals surface area contributed by atoms with E-state index in [4.69, 9.17) is 16.7 Å². The minimum absolute atomic E-state index is 0.221. The Hall–Kier alpha value is -2.08. The van der Waals surface area contributed by atoms with Crippen LogP contribution in [0.25, 0.3) is 0 Å². The molecule has 0 aromatic heterocycles. The summed E-state index contributed by atoms with van der Waals surface area (Å²) in [5.74, 6) is -1.72. The van der Waals surface area contributed by atoms with E-state index in [0.717, 1.165) is 5.56 Å². The fourth-order valence-electron chi connectivity index (χ4n) is 1.28. The molecule has 0 unspecified atom stereocenters. The van der Waals surface area contributed by atoms with Gasteiger partial charge in [-0.1, -0.05) is 23.7 Å². The SMILES string of the molecule is O=C(O)CCC(=O)NC(=O)NCc1cccc(Cl)c1. The molecule has 0 bridgehead atoms. The number of urea groups is 1. The highest BCUT2D eigenvalue weighted by Gasteiger charge is 2.09. The number of benzene rings is 1. The zero-order valence-electron chi connectivity index (χ0n) is 9.98. The van der Waals surface area contributed by atoms with Crippen molar-refractivity contribution < 1.29 is 19.5 Å². The monoisotopic (exact) mass is 284 g/mol. The van der Waals surface area contributed by atoms with Gasteiger partial charge in [0.15, 0.2) is 0 Å². The molecule has 1 aromatic carbocycles. The Morgan fingerprint density at radius 2 is 1.95 bits per heavy atom. The van der Waals surface area contributed by atoms with Crippen molar-refractivity contribution in [2.24, 2.45) is 0 Å². The molecule has 6 nitrogen and oxygen atoms in total. The van der Waals surface area contributed by atoms with Crippen LogP contribution in [0.3, 0.4) is 0 Å². The molecule has 0 aliphatic carbocycles. The first-order valence-electron chi connectivity index (χ1n) is 5.51. The summed E-state index contributed by atoms with van der Waals surface area (Å²) >= 11 is 5.78. The second-order valence-corrected chi connectivity index (χ2v) is 4.19. The molecule has 3 N–H and O–H groups in total. The number of hydrogen-bond acceptors (Lipinski definition) is 3. The van der Waals surface area contributed by atoms with Gasteiger partial charge in [0, 0.05) is 18.0 Å². The molecule has 3 amide bonds. The molecule has 1 rings (SSSR count). The van der Waals surface area contributed by atoms with Gasteiger partial charge < -0.3 is 10.4 Å². The molecule has 0 saturated heterocycles. The second kappa shape index (κ2) is 7.38. The van der Waals surface area contributed by atoms with Gasteiger partial charge >= 0.3 is 12.0 Å². The number of aliphatic carboxylic acids is 1. The number of carbonyl (C=O) groups excluding carboxylic acids is 2. The van der Waals surface area contributed by atoms with Gasteiger partial charge in [-0.2, -0.15) is 0 Å². The predicted molar refractivity (Wildman–Crippen MR) is 68.7 cm³/mol. The van der Waals surface area contributed by atoms with Crippen molar-refractivity contribution in [1.29, 1.82) is 0 Å². The zero-order valence-corrected chi connectivity index (χ0v) is 10.7. The third-order valence-corrected chi connectivity index (χ3v) is 2.40. The molecule has 1 aromatic rings. The standard InChI is InChI=1S/C12H13ClN2O4/c13-9-3-1-2-8(6-9)7-14-12(19)15-10(16)4-5-11(17)18/h1-3,6H,4-5,7H2,(H,17,18)(H2,14,15,16,19). The van der Waals surface area contributed by atoms with Crippen LogP contribution in [0.15, 0.2) is 24.3 Å². The summed E-state index contributed by atoms with van der Waals surface area (Å²) in [6, 6.07) is 6.25. The van der Waals surface area contributed by atoms with Gasteiger partial charge in [0.1, 0.15) is 0 Å². The van der Waals surface area contributed by atoms with E-state index in [1.165, 1.54) is 0 Å². The van der Waals surface area contributed by atoms with E-state index in [2.05, 4.69) is 5.32 Å². The Bertz CT molecular complexity index is 490. The predicted octanol–water partition coefficient (Wildman–Crippen LogP) is 1.53. The average molecular weight is 285 g/mol. The third-order valence-electron chi connectivity index (χ3n) is 2.16. The smallest absolute Gasteiger partial charge is 0.321 e. The summed E-state index contributed by atoms with van der Waals surface area (Å²) in [7, 11) is 0. The molecule has 102 valence electrons. The quantitative estimate of drug-likeness (QED) is 0.764. The van der Waals surface area contributed by atoms with Gasteiger partial charge in [0.25, 0.3) is 0 Å². The Kier molecular flexibility index (Phi) is 5.81. The maximum Gasteiger partial charge on any atom is 0.321 e. The molecular formula is C12H13ClN2O4. The molecule has 0 aliphatic rings. The van der Waals surface area contributed by atoms with Crippen molar-refractivity contribution in [1.82, 2.24) is 10.6 Å². The van der Waals surface area contributed by atoms with Crippen LogP contribution in [0.2, 0.25) is 5.02 Å². The molecule has 0 aliphatic heterocycles. The third kappa shape index (κ3) is 6.42. The van der Waals surface area contributed by atoms with Gasteiger partial charge in [-0.25, -0.2) is 4.79 Å². The molecule has 19 heavy (non-hydrogen) atoms. The van der Waals surface area contributed by atoms with Crippen molar-refractivity contribution in [2.45, 2.75) is 19.4 Å². The maximum atomic E-state index is 11.3. The molecule has 0 heterocycles. The molecule has 7 heteroatoms. The topological polar surface area (TPSA) is 95.5 Å². The summed E-state index contributed by atoms with van der Waals surface area (Å²) in [6.07, 6.45) is -0.548. The normalized spacial score (nSPS) is 9.74. The van der Waals surface area contributed by atoms with Crippen LogP contribution in [0.5, 0.6) is 0 Å². The van der Waals surface area contributed by atoms with Gasteiger partial charge in [-0.15, -0.1) is 0 Å². The first kappa shape index (κ1) is 15.0. The minimum atomic E-state index is -1.09. The van der Waals surface area contributed by atoms with E-state index in [9.17, 15) is 14.4 Å². The van der Waals surface area contributed by atoms with Gasteiger partial charge in [-0.3, -0.25) is 14.9 Å². The first-order chi connectivity index (χ1) is 8.97. The Morgan fingerprint density at radius 3 is 2.58 bits per heavy atom. The highest BCUT2D eigenvalue weighted by molar-refractivity contribution is 6.30. The summed E-state index contributed by atoms with van der Waals surface area (Å²) < 4.78 is 0. The van der Waals surface area contributed by atoms with E-state index in [1.807, 2.05) is 5.32 Å². The fraction of sp³-hybridized carbons (Fsp3) is 0.250. The Labute approximate surface area is 114 Å². The van der Waals surface area contributed by atoms with Crippen LogP contribution in [-0.4, -0.2) is 23.0 Å². The second-order valence-electron chi connectivity index (χ2n) is 3.75. The van der Waals surface area contributed by atoms with Gasteiger partial charge in [0.2, 0.25) is 5.91 Å². The van der Waals surface area contributed by atoms with E-state index >= 15 is 0 Å². The lowest BCUT2D eigenvalue weighted by Crippen LogP contribution is -2.39. The molecular weight excluding hydrogens is 272 g/mol. The van der Waals surface area contributed by atoms with Crippen LogP contribution in [-0.2, 0) is 16.1 Å². The van der Waals surface area contributed by atoms with Crippen LogP contribution >= 0.6 is 11.6 Å². The lowest BCUT2D eigenvalue weighted by Gasteiger charge is -2.06. The summed E-state index contributed by atoms with van der Waals surface area (Å²) in [5, 5.41) is 13.4. The highest BCUT2D eigenvalue weighted by atomic mass is 35.5. The largest absolute Gasteiger partial charge is 0.481 e. The lowest BCUT2D eigenvalue weighted by atomic mass is 10.2. The first-order valence-corrected chi connectivity index (χ1v) is 5.89. The number of halogens is 1. The van der Waals surface area contributed by atoms with Crippen LogP contribution < -0.4 is 10.6 Å². The van der Waals surface area contributed by atoms with Crippen molar-refractivity contribution in [2.75, 3.05) is 0 Å². The number of rotatable bonds is 5. The molecule has 0 saturated carbocycles. The van der Waals surface area contributed by atoms with E-state index in [-0.39, 0.29) is 19.4 Å². The van der Waals surface area contributed by atoms with E-state index in [1.54, 1.807) is 24.3 Å². The maximum absolute atomic E-state index is 11.3. The lowest BCUT2D eigenvalue weighted by molar-refractivity contribution is -0.138. The Balaban J connectivity index is 2.31. The minimum Gasteiger partial charge on any atom is -0.481 e. The molecule has 0 atom stereocenters. The van der Waals surface area contributed by atoms with Crippen molar-refractivity contribution in [3.05, 3.63) is 34.9 Å². The summed E-state index contributed by atoms with van der Waals surface area (Å²) in [6.45, 7) is 0.221. The number of hydrogen-bond donors (Lipinski definition) is 3. The van der Waals surface area contributed by atoms with Crippen LogP contribution in [0.1, 0.15) is 18.4 Å². The number of carboxylic acid groups (broad SMARTS) is 1. The van der Waals surface area contributed by atoms with Crippen molar-refractivity contribution in [3.63, 3.8) is 0 Å². The molecule has 0 spiro atoms. The Morgan fingerprint density at radius 1 is 1.21 bits per heavy atom. The average Bonchev–Trinajstić information content (AvgIpc) is 2.34. The summed E-state index contributed by atoms with van der Waals surface area (Å²) in [4.78, 5) is 32.7. The number of amides is 3. The summed E-state index contributed by atoms with van der Waals surface area (Å²) in [5.41, 5.74) is 0.792.